The molecule has 1 saturated carbocycles. The molecule has 5 aromatic carbocycles. The number of methoxy groups -OCH3 is 4. The van der Waals surface area contributed by atoms with Gasteiger partial charge in [0.1, 0.15) is 34.6 Å². The Kier molecular flexibility index (Phi) is 10.9. The highest BCUT2D eigenvalue weighted by Gasteiger charge is 2.71. The van der Waals surface area contributed by atoms with Crippen molar-refractivity contribution in [2.45, 2.75) is 24.2 Å². The fourth-order valence-electron chi connectivity index (χ4n) is 10.3. The van der Waals surface area contributed by atoms with Crippen molar-refractivity contribution in [3.05, 3.63) is 148 Å². The van der Waals surface area contributed by atoms with Gasteiger partial charge in [0.2, 0.25) is 11.8 Å². The molecule has 2 aliphatic carbocycles. The van der Waals surface area contributed by atoms with Gasteiger partial charge >= 0.3 is 0 Å². The maximum atomic E-state index is 15.5. The van der Waals surface area contributed by atoms with Gasteiger partial charge in [-0.05, 0) is 96.6 Å². The summed E-state index contributed by atoms with van der Waals surface area (Å²) in [6.07, 6.45) is 5.81. The number of anilines is 2. The second-order valence-electron chi connectivity index (χ2n) is 16.2. The Bertz CT molecular complexity index is 2760. The summed E-state index contributed by atoms with van der Waals surface area (Å²) >= 11 is 6.42. The lowest BCUT2D eigenvalue weighted by atomic mass is 9.49. The minimum absolute atomic E-state index is 0.00184. The van der Waals surface area contributed by atoms with Gasteiger partial charge in [0.25, 0.3) is 11.8 Å². The molecule has 2 N–H and O–H groups in total. The van der Waals surface area contributed by atoms with E-state index in [9.17, 15) is 19.1 Å². The van der Waals surface area contributed by atoms with E-state index in [1.807, 2.05) is 48.6 Å². The molecule has 12 nitrogen and oxygen atoms in total. The molecule has 14 heteroatoms. The first kappa shape index (κ1) is 42.2. The molecule has 9 rings (SSSR count). The van der Waals surface area contributed by atoms with Crippen LogP contribution in [0, 0.1) is 29.5 Å². The van der Waals surface area contributed by atoms with E-state index in [0.717, 1.165) is 16.1 Å². The molecule has 326 valence electrons. The molecule has 4 amide bonds. The molecule has 3 fully saturated rings. The first-order valence-electron chi connectivity index (χ1n) is 20.6. The molecule has 0 radical (unpaired) electrons. The van der Waals surface area contributed by atoms with Gasteiger partial charge in [0.15, 0.2) is 0 Å². The van der Waals surface area contributed by atoms with Crippen LogP contribution in [0.4, 0.5) is 15.8 Å². The summed E-state index contributed by atoms with van der Waals surface area (Å²) in [5.74, 6) is -5.71. The Morgan fingerprint density at radius 3 is 2.12 bits per heavy atom. The van der Waals surface area contributed by atoms with Gasteiger partial charge in [-0.3, -0.25) is 29.5 Å². The van der Waals surface area contributed by atoms with E-state index < -0.39 is 58.5 Å². The Hall–Kier alpha value is -7.12. The molecule has 5 aromatic rings. The highest BCUT2D eigenvalue weighted by Crippen LogP contribution is 2.66. The summed E-state index contributed by atoms with van der Waals surface area (Å²) < 4.78 is 36.3. The number of carbonyl (C=O) groups is 4. The van der Waals surface area contributed by atoms with Gasteiger partial charge in [-0.15, -0.1) is 0 Å². The van der Waals surface area contributed by atoms with Crippen molar-refractivity contribution in [1.29, 1.82) is 0 Å². The third-order valence-corrected chi connectivity index (χ3v) is 13.4. The monoisotopic (exact) mass is 883 g/mol. The van der Waals surface area contributed by atoms with Crippen LogP contribution in [0.1, 0.15) is 41.0 Å². The number of hydrazine groups is 1. The molecule has 0 spiro atoms. The van der Waals surface area contributed by atoms with Crippen LogP contribution in [0.3, 0.4) is 0 Å². The minimum Gasteiger partial charge on any atom is -0.507 e. The number of nitrogens with one attached hydrogen (secondary N) is 1. The summed E-state index contributed by atoms with van der Waals surface area (Å²) in [4.78, 5) is 61.2. The summed E-state index contributed by atoms with van der Waals surface area (Å²) in [5, 5.41) is 13.3. The summed E-state index contributed by atoms with van der Waals surface area (Å²) in [6, 6.07) is 27.4. The first-order chi connectivity index (χ1) is 30.9. The van der Waals surface area contributed by atoms with E-state index in [4.69, 9.17) is 30.5 Å². The lowest BCUT2D eigenvalue weighted by Crippen LogP contribution is -2.53. The molecule has 2 aliphatic heterocycles. The Labute approximate surface area is 373 Å². The predicted molar refractivity (Wildman–Crippen MR) is 238 cm³/mol. The van der Waals surface area contributed by atoms with Crippen LogP contribution in [0.5, 0.6) is 28.7 Å². The Balaban J connectivity index is 1.14. The molecular weight excluding hydrogens is 841 g/mol. The number of phenolic OH excluding ortho intramolecular Hbond substituents is 1. The highest BCUT2D eigenvalue weighted by molar-refractivity contribution is 6.30. The van der Waals surface area contributed by atoms with Gasteiger partial charge in [-0.25, -0.2) is 4.39 Å². The second kappa shape index (κ2) is 16.5. The number of allylic oxidation sites excluding steroid dienone is 2. The van der Waals surface area contributed by atoms with Crippen LogP contribution in [0.2, 0.25) is 5.02 Å². The van der Waals surface area contributed by atoms with Gasteiger partial charge in [-0.2, -0.15) is 5.01 Å². The van der Waals surface area contributed by atoms with E-state index in [1.165, 1.54) is 49.5 Å². The van der Waals surface area contributed by atoms with Crippen LogP contribution >= 0.6 is 11.6 Å². The number of aromatic hydroxyl groups is 1. The quantitative estimate of drug-likeness (QED) is 0.0752. The van der Waals surface area contributed by atoms with E-state index in [2.05, 4.69) is 5.43 Å². The van der Waals surface area contributed by atoms with Crippen LogP contribution in [-0.2, 0) is 24.6 Å². The van der Waals surface area contributed by atoms with Crippen molar-refractivity contribution in [1.82, 2.24) is 5.01 Å². The van der Waals surface area contributed by atoms with Gasteiger partial charge < -0.3 is 24.1 Å². The number of hydrogen-bond acceptors (Lipinski definition) is 10. The predicted octanol–water partition coefficient (Wildman–Crippen LogP) is 8.58. The number of hydrogen-bond donors (Lipinski definition) is 2. The summed E-state index contributed by atoms with van der Waals surface area (Å²) in [7, 11) is 6.04. The zero-order valence-corrected chi connectivity index (χ0v) is 36.0. The number of nitrogens with zero attached hydrogens (tertiary/aromatic N) is 2. The lowest BCUT2D eigenvalue weighted by Gasteiger charge is -2.50. The maximum absolute atomic E-state index is 15.5. The molecule has 2 saturated heterocycles. The number of phenols is 1. The van der Waals surface area contributed by atoms with Crippen molar-refractivity contribution in [2.24, 2.45) is 23.7 Å². The molecule has 64 heavy (non-hydrogen) atoms. The van der Waals surface area contributed by atoms with Gasteiger partial charge in [0, 0.05) is 34.2 Å². The number of benzene rings is 5. The van der Waals surface area contributed by atoms with Crippen LogP contribution < -0.4 is 29.3 Å². The van der Waals surface area contributed by atoms with Gasteiger partial charge in [-0.1, -0.05) is 59.7 Å². The van der Waals surface area contributed by atoms with Crippen molar-refractivity contribution >= 4 is 58.8 Å². The second-order valence-corrected chi connectivity index (χ2v) is 16.6. The molecule has 4 aliphatic rings. The SMILES string of the molecule is COc1ccc(OC)c(C=Cc2ccc(N3C(=O)[C@H]4[C@H](CC=C5[C@H]4C[C@H]4C(=O)N(Nc6ccc(F)cc6)C(=O)[C@@]4(c4ccc(Cl)cc4)[C@H]5c4c(O)cc(OC)cc4OC)C3=O)cc2)c1. The topological polar surface area (TPSA) is 144 Å². The fraction of sp³-hybridized carbons (Fsp3) is 0.240. The number of rotatable bonds is 11. The number of fused-ring (bicyclic) bond motifs is 4. The van der Waals surface area contributed by atoms with Crippen molar-refractivity contribution in [3.63, 3.8) is 0 Å². The van der Waals surface area contributed by atoms with Crippen molar-refractivity contribution in [2.75, 3.05) is 38.8 Å². The smallest absolute Gasteiger partial charge is 0.260 e. The minimum atomic E-state index is -1.74. The third-order valence-electron chi connectivity index (χ3n) is 13.1. The molecule has 0 aromatic heterocycles. The van der Waals surface area contributed by atoms with Gasteiger partial charge in [0.05, 0.1) is 63.0 Å². The maximum Gasteiger partial charge on any atom is 0.260 e. The number of halogens is 2. The van der Waals surface area contributed by atoms with Crippen molar-refractivity contribution < 1.29 is 47.6 Å². The molecule has 0 bridgehead atoms. The van der Waals surface area contributed by atoms with E-state index >= 15 is 9.59 Å². The molecule has 6 atom stereocenters. The van der Waals surface area contributed by atoms with E-state index in [0.29, 0.717) is 33.3 Å². The van der Waals surface area contributed by atoms with E-state index in [1.54, 1.807) is 56.7 Å². The number of ether oxygens (including phenoxy) is 4. The molecule has 2 heterocycles. The average molecular weight is 884 g/mol. The fourth-order valence-corrected chi connectivity index (χ4v) is 10.4. The average Bonchev–Trinajstić information content (AvgIpc) is 3.69. The van der Waals surface area contributed by atoms with Crippen LogP contribution in [-0.4, -0.2) is 62.2 Å². The van der Waals surface area contributed by atoms with Crippen LogP contribution in [0.15, 0.2) is 115 Å². The zero-order valence-electron chi connectivity index (χ0n) is 35.2. The van der Waals surface area contributed by atoms with E-state index in [-0.39, 0.29) is 47.2 Å². The largest absolute Gasteiger partial charge is 0.507 e. The van der Waals surface area contributed by atoms with Crippen molar-refractivity contribution in [3.8, 4) is 28.7 Å². The Morgan fingerprint density at radius 2 is 1.45 bits per heavy atom. The summed E-state index contributed by atoms with van der Waals surface area (Å²) in [5.41, 5.74) is 4.69. The number of imide groups is 2. The number of amides is 4. The summed E-state index contributed by atoms with van der Waals surface area (Å²) in [6.45, 7) is 0. The lowest BCUT2D eigenvalue weighted by molar-refractivity contribution is -0.138. The normalized spacial score (nSPS) is 23.7. The third kappa shape index (κ3) is 6.73. The zero-order chi connectivity index (χ0) is 45.0. The standard InChI is InChI=1S/C50H43ClFN3O9/c1-61-34-19-22-41(63-3)28(23-34)8-5-27-6-17-33(18-7-27)54-46(57)37-21-20-36-38(43(37)48(54)59)26-39-47(58)55(53-32-15-13-31(52)14-16-32)49(60)50(39,29-9-11-30(51)12-10-29)45(36)44-40(56)24-35(62-2)25-42(44)64-4/h5-20,22-25,37-39,43,45,53,56H,21,26H2,1-4H3/t37-,38+,39-,43-,45+,50+/m0/s1. The Morgan fingerprint density at radius 1 is 0.750 bits per heavy atom. The van der Waals surface area contributed by atoms with Crippen LogP contribution in [0.25, 0.3) is 12.2 Å². The highest BCUT2D eigenvalue weighted by atomic mass is 35.5. The first-order valence-corrected chi connectivity index (χ1v) is 21.0. The molecular formula is C50H43ClFN3O9. The molecule has 0 unspecified atom stereocenters. The number of carbonyl (C=O) groups excluding carboxylic acids is 4.